The lowest BCUT2D eigenvalue weighted by atomic mass is 10.1. The molecule has 21 heavy (non-hydrogen) atoms. The Morgan fingerprint density at radius 3 is 2.67 bits per heavy atom. The molecule has 0 aliphatic carbocycles. The third-order valence-corrected chi connectivity index (χ3v) is 3.51. The molecule has 3 N–H and O–H groups in total. The van der Waals surface area contributed by atoms with E-state index in [2.05, 4.69) is 15.6 Å². The molecule has 2 aromatic rings. The average molecular weight is 305 g/mol. The Morgan fingerprint density at radius 1 is 1.29 bits per heavy atom. The van der Waals surface area contributed by atoms with Gasteiger partial charge in [-0.3, -0.25) is 5.32 Å². The molecule has 0 saturated heterocycles. The van der Waals surface area contributed by atoms with E-state index in [9.17, 15) is 14.7 Å². The van der Waals surface area contributed by atoms with Crippen LogP contribution in [0.5, 0.6) is 0 Å². The first-order valence-corrected chi connectivity index (χ1v) is 7.27. The van der Waals surface area contributed by atoms with Gasteiger partial charge in [-0.15, -0.1) is 11.3 Å². The van der Waals surface area contributed by atoms with Crippen molar-refractivity contribution in [3.63, 3.8) is 0 Å². The first-order chi connectivity index (χ1) is 10.1. The second kappa shape index (κ2) is 7.39. The number of aryl methyl sites for hydroxylation is 1. The summed E-state index contributed by atoms with van der Waals surface area (Å²) in [4.78, 5) is 26.8. The lowest BCUT2D eigenvalue weighted by molar-refractivity contribution is -0.139. The van der Waals surface area contributed by atoms with Crippen LogP contribution in [-0.2, 0) is 11.2 Å². The van der Waals surface area contributed by atoms with E-state index in [0.717, 1.165) is 5.56 Å². The lowest BCUT2D eigenvalue weighted by Crippen LogP contribution is -2.43. The summed E-state index contributed by atoms with van der Waals surface area (Å²) in [6.45, 7) is 0. The van der Waals surface area contributed by atoms with Gasteiger partial charge in [0.05, 0.1) is 0 Å². The largest absolute Gasteiger partial charge is 0.480 e. The summed E-state index contributed by atoms with van der Waals surface area (Å²) in [5, 5.41) is 16.3. The molecule has 7 heteroatoms. The monoisotopic (exact) mass is 305 g/mol. The number of nitrogens with zero attached hydrogens (tertiary/aromatic N) is 1. The van der Waals surface area contributed by atoms with E-state index >= 15 is 0 Å². The van der Waals surface area contributed by atoms with Crippen molar-refractivity contribution in [3.05, 3.63) is 47.5 Å². The SMILES string of the molecule is O=C(Nc1nccs1)NC(CCc1ccccc1)C(=O)O. The van der Waals surface area contributed by atoms with E-state index in [4.69, 9.17) is 0 Å². The molecule has 1 atom stereocenters. The van der Waals surface area contributed by atoms with E-state index in [1.807, 2.05) is 30.3 Å². The number of aromatic nitrogens is 1. The molecule has 2 amide bonds. The van der Waals surface area contributed by atoms with E-state index in [0.29, 0.717) is 18.0 Å². The molecule has 0 fully saturated rings. The Bertz CT molecular complexity index is 587. The molecule has 0 saturated carbocycles. The molecule has 2 rings (SSSR count). The Kier molecular flexibility index (Phi) is 5.28. The predicted molar refractivity (Wildman–Crippen MR) is 80.5 cm³/mol. The summed E-state index contributed by atoms with van der Waals surface area (Å²) in [6.07, 6.45) is 2.46. The van der Waals surface area contributed by atoms with Gasteiger partial charge in [0.25, 0.3) is 0 Å². The van der Waals surface area contributed by atoms with Crippen LogP contribution in [0.4, 0.5) is 9.93 Å². The van der Waals surface area contributed by atoms with Gasteiger partial charge in [0.1, 0.15) is 6.04 Å². The zero-order valence-corrected chi connectivity index (χ0v) is 12.0. The van der Waals surface area contributed by atoms with Gasteiger partial charge in [-0.25, -0.2) is 14.6 Å². The van der Waals surface area contributed by atoms with Gasteiger partial charge in [-0.2, -0.15) is 0 Å². The van der Waals surface area contributed by atoms with Gasteiger partial charge in [-0.05, 0) is 18.4 Å². The van der Waals surface area contributed by atoms with Crippen molar-refractivity contribution in [3.8, 4) is 0 Å². The normalized spacial score (nSPS) is 11.6. The summed E-state index contributed by atoms with van der Waals surface area (Å²) in [6, 6.07) is 8.04. The molecule has 0 bridgehead atoms. The highest BCUT2D eigenvalue weighted by Crippen LogP contribution is 2.10. The topological polar surface area (TPSA) is 91.3 Å². The van der Waals surface area contributed by atoms with Gasteiger partial charge in [0.2, 0.25) is 0 Å². The van der Waals surface area contributed by atoms with Crippen LogP contribution in [0.2, 0.25) is 0 Å². The van der Waals surface area contributed by atoms with Crippen LogP contribution < -0.4 is 10.6 Å². The summed E-state index contributed by atoms with van der Waals surface area (Å²) >= 11 is 1.27. The Labute approximate surface area is 125 Å². The average Bonchev–Trinajstić information content (AvgIpc) is 2.97. The summed E-state index contributed by atoms with van der Waals surface area (Å²) in [7, 11) is 0. The molecule has 0 aliphatic heterocycles. The molecular formula is C14H15N3O3S. The van der Waals surface area contributed by atoms with Crippen molar-refractivity contribution >= 4 is 28.5 Å². The fourth-order valence-electron chi connectivity index (χ4n) is 1.79. The highest BCUT2D eigenvalue weighted by Gasteiger charge is 2.20. The molecule has 0 aliphatic rings. The number of carboxylic acids is 1. The van der Waals surface area contributed by atoms with E-state index in [-0.39, 0.29) is 0 Å². The number of amides is 2. The van der Waals surface area contributed by atoms with Crippen molar-refractivity contribution < 1.29 is 14.7 Å². The molecule has 1 aromatic heterocycles. The number of carbonyl (C=O) groups excluding carboxylic acids is 1. The van der Waals surface area contributed by atoms with Crippen LogP contribution >= 0.6 is 11.3 Å². The van der Waals surface area contributed by atoms with Crippen LogP contribution in [0, 0.1) is 0 Å². The van der Waals surface area contributed by atoms with Crippen LogP contribution in [0.25, 0.3) is 0 Å². The minimum Gasteiger partial charge on any atom is -0.480 e. The predicted octanol–water partition coefficient (Wildman–Crippen LogP) is 2.35. The number of nitrogens with one attached hydrogen (secondary N) is 2. The third-order valence-electron chi connectivity index (χ3n) is 2.82. The Balaban J connectivity index is 1.87. The van der Waals surface area contributed by atoms with Gasteiger partial charge in [0.15, 0.2) is 5.13 Å². The van der Waals surface area contributed by atoms with E-state index < -0.39 is 18.0 Å². The molecular weight excluding hydrogens is 290 g/mol. The minimum atomic E-state index is -1.06. The summed E-state index contributed by atoms with van der Waals surface area (Å²) in [5.41, 5.74) is 1.03. The lowest BCUT2D eigenvalue weighted by Gasteiger charge is -2.14. The minimum absolute atomic E-state index is 0.324. The third kappa shape index (κ3) is 4.88. The zero-order chi connectivity index (χ0) is 15.1. The quantitative estimate of drug-likeness (QED) is 0.764. The second-order valence-electron chi connectivity index (χ2n) is 4.35. The number of rotatable bonds is 6. The molecule has 0 spiro atoms. The number of aliphatic carboxylic acids is 1. The van der Waals surface area contributed by atoms with Crippen LogP contribution in [-0.4, -0.2) is 28.1 Å². The zero-order valence-electron chi connectivity index (χ0n) is 11.2. The molecule has 110 valence electrons. The number of benzene rings is 1. The van der Waals surface area contributed by atoms with Crippen LogP contribution in [0.3, 0.4) is 0 Å². The van der Waals surface area contributed by atoms with Gasteiger partial charge in [-0.1, -0.05) is 30.3 Å². The number of hydrogen-bond acceptors (Lipinski definition) is 4. The number of carboxylic acid groups (broad SMARTS) is 1. The van der Waals surface area contributed by atoms with Gasteiger partial charge >= 0.3 is 12.0 Å². The van der Waals surface area contributed by atoms with Crippen LogP contribution in [0.1, 0.15) is 12.0 Å². The van der Waals surface area contributed by atoms with E-state index in [1.54, 1.807) is 11.6 Å². The first kappa shape index (κ1) is 15.0. The standard InChI is InChI=1S/C14H15N3O3S/c18-12(19)11(7-6-10-4-2-1-3-5-10)16-13(20)17-14-15-8-9-21-14/h1-5,8-9,11H,6-7H2,(H,18,19)(H2,15,16,17,20). The molecule has 1 unspecified atom stereocenters. The fraction of sp³-hybridized carbons (Fsp3) is 0.214. The molecule has 6 nitrogen and oxygen atoms in total. The Hall–Kier alpha value is -2.41. The molecule has 1 heterocycles. The van der Waals surface area contributed by atoms with Crippen molar-refractivity contribution in [2.24, 2.45) is 0 Å². The molecule has 0 radical (unpaired) electrons. The van der Waals surface area contributed by atoms with Crippen LogP contribution in [0.15, 0.2) is 41.9 Å². The number of anilines is 1. The number of carbonyl (C=O) groups is 2. The maximum atomic E-state index is 11.7. The number of hydrogen-bond donors (Lipinski definition) is 3. The Morgan fingerprint density at radius 2 is 2.05 bits per heavy atom. The molecule has 1 aromatic carbocycles. The van der Waals surface area contributed by atoms with E-state index in [1.165, 1.54) is 11.3 Å². The van der Waals surface area contributed by atoms with Crippen molar-refractivity contribution in [2.45, 2.75) is 18.9 Å². The fourth-order valence-corrected chi connectivity index (χ4v) is 2.31. The smallest absolute Gasteiger partial charge is 0.326 e. The maximum absolute atomic E-state index is 11.7. The number of urea groups is 1. The maximum Gasteiger partial charge on any atom is 0.326 e. The van der Waals surface area contributed by atoms with Crippen molar-refractivity contribution in [1.29, 1.82) is 0 Å². The summed E-state index contributed by atoms with van der Waals surface area (Å²) < 4.78 is 0. The number of thiazole rings is 1. The highest BCUT2D eigenvalue weighted by atomic mass is 32.1. The summed E-state index contributed by atoms with van der Waals surface area (Å²) in [5.74, 6) is -1.06. The first-order valence-electron chi connectivity index (χ1n) is 6.39. The van der Waals surface area contributed by atoms with Crippen molar-refractivity contribution in [1.82, 2.24) is 10.3 Å². The highest BCUT2D eigenvalue weighted by molar-refractivity contribution is 7.13. The second-order valence-corrected chi connectivity index (χ2v) is 5.25. The van der Waals surface area contributed by atoms with Gasteiger partial charge in [0, 0.05) is 11.6 Å². The van der Waals surface area contributed by atoms with Crippen molar-refractivity contribution in [2.75, 3.05) is 5.32 Å². The van der Waals surface area contributed by atoms with Gasteiger partial charge < -0.3 is 10.4 Å².